The molecule has 0 aliphatic carbocycles. The zero-order valence-electron chi connectivity index (χ0n) is 13.7. The SMILES string of the molecule is CC(=O)Nc1ccc(S(=O)(=O)NCCc2ccc3cc[nH]c3c2)cc1. The minimum Gasteiger partial charge on any atom is -0.361 e. The first kappa shape index (κ1) is 17.2. The lowest BCUT2D eigenvalue weighted by atomic mass is 10.1. The van der Waals surface area contributed by atoms with Gasteiger partial charge in [0.2, 0.25) is 15.9 Å². The number of aromatic nitrogens is 1. The van der Waals surface area contributed by atoms with Gasteiger partial charge in [0.15, 0.2) is 0 Å². The summed E-state index contributed by atoms with van der Waals surface area (Å²) in [7, 11) is -3.58. The maximum atomic E-state index is 12.3. The zero-order chi connectivity index (χ0) is 17.9. The standard InChI is InChI=1S/C18H19N3O3S/c1-13(22)21-16-4-6-17(7-5-16)25(23,24)20-11-8-14-2-3-15-9-10-19-18(15)12-14/h2-7,9-10,12,19-20H,8,11H2,1H3,(H,21,22). The van der Waals surface area contributed by atoms with Gasteiger partial charge in [0.1, 0.15) is 0 Å². The second-order valence-corrected chi connectivity index (χ2v) is 7.52. The van der Waals surface area contributed by atoms with Crippen LogP contribution in [0.5, 0.6) is 0 Å². The van der Waals surface area contributed by atoms with Gasteiger partial charge in [-0.1, -0.05) is 12.1 Å². The Morgan fingerprint density at radius 1 is 1.08 bits per heavy atom. The van der Waals surface area contributed by atoms with E-state index in [1.54, 1.807) is 12.1 Å². The topological polar surface area (TPSA) is 91.1 Å². The molecule has 0 saturated heterocycles. The number of rotatable bonds is 6. The summed E-state index contributed by atoms with van der Waals surface area (Å²) in [6.07, 6.45) is 2.47. The first-order valence-corrected chi connectivity index (χ1v) is 9.36. The molecule has 3 rings (SSSR count). The summed E-state index contributed by atoms with van der Waals surface area (Å²) in [6, 6.07) is 14.1. The number of sulfonamides is 1. The number of benzene rings is 2. The van der Waals surface area contributed by atoms with E-state index in [1.165, 1.54) is 19.1 Å². The first-order chi connectivity index (χ1) is 11.9. The van der Waals surface area contributed by atoms with Crippen LogP contribution in [-0.2, 0) is 21.2 Å². The Morgan fingerprint density at radius 3 is 2.56 bits per heavy atom. The van der Waals surface area contributed by atoms with Crippen molar-refractivity contribution in [2.45, 2.75) is 18.2 Å². The minimum absolute atomic E-state index is 0.168. The van der Waals surface area contributed by atoms with Gasteiger partial charge in [-0.25, -0.2) is 13.1 Å². The highest BCUT2D eigenvalue weighted by molar-refractivity contribution is 7.89. The molecule has 0 aliphatic rings. The zero-order valence-corrected chi connectivity index (χ0v) is 14.6. The Labute approximate surface area is 146 Å². The molecule has 2 aromatic carbocycles. The predicted molar refractivity (Wildman–Crippen MR) is 97.9 cm³/mol. The molecule has 0 fully saturated rings. The van der Waals surface area contributed by atoms with Crippen LogP contribution in [0, 0.1) is 0 Å². The van der Waals surface area contributed by atoms with Crippen molar-refractivity contribution in [1.29, 1.82) is 0 Å². The summed E-state index contributed by atoms with van der Waals surface area (Å²) >= 11 is 0. The summed E-state index contributed by atoms with van der Waals surface area (Å²) < 4.78 is 27.2. The van der Waals surface area contributed by atoms with E-state index in [4.69, 9.17) is 0 Å². The molecule has 130 valence electrons. The quantitative estimate of drug-likeness (QED) is 0.633. The average molecular weight is 357 g/mol. The first-order valence-electron chi connectivity index (χ1n) is 7.87. The molecule has 7 heteroatoms. The normalized spacial score (nSPS) is 11.6. The molecule has 0 saturated carbocycles. The molecule has 0 unspecified atom stereocenters. The Kier molecular flexibility index (Phi) is 4.87. The highest BCUT2D eigenvalue weighted by Crippen LogP contribution is 2.16. The van der Waals surface area contributed by atoms with Gasteiger partial charge >= 0.3 is 0 Å². The van der Waals surface area contributed by atoms with E-state index >= 15 is 0 Å². The third kappa shape index (κ3) is 4.26. The predicted octanol–water partition coefficient (Wildman–Crippen LogP) is 2.65. The Hall–Kier alpha value is -2.64. The van der Waals surface area contributed by atoms with E-state index < -0.39 is 10.0 Å². The lowest BCUT2D eigenvalue weighted by molar-refractivity contribution is -0.114. The number of fused-ring (bicyclic) bond motifs is 1. The van der Waals surface area contributed by atoms with E-state index in [2.05, 4.69) is 15.0 Å². The van der Waals surface area contributed by atoms with Crippen LogP contribution in [0.1, 0.15) is 12.5 Å². The molecule has 1 aromatic heterocycles. The molecular weight excluding hydrogens is 338 g/mol. The Balaban J connectivity index is 1.62. The molecule has 6 nitrogen and oxygen atoms in total. The number of hydrogen-bond donors (Lipinski definition) is 3. The molecule has 1 heterocycles. The van der Waals surface area contributed by atoms with E-state index in [-0.39, 0.29) is 10.8 Å². The molecule has 0 atom stereocenters. The Morgan fingerprint density at radius 2 is 1.84 bits per heavy atom. The van der Waals surface area contributed by atoms with Crippen LogP contribution in [0.3, 0.4) is 0 Å². The summed E-state index contributed by atoms with van der Waals surface area (Å²) in [4.78, 5) is 14.3. The molecule has 25 heavy (non-hydrogen) atoms. The number of hydrogen-bond acceptors (Lipinski definition) is 3. The van der Waals surface area contributed by atoms with Crippen LogP contribution in [0.25, 0.3) is 10.9 Å². The van der Waals surface area contributed by atoms with Crippen molar-refractivity contribution in [2.75, 3.05) is 11.9 Å². The summed E-state index contributed by atoms with van der Waals surface area (Å²) in [5.41, 5.74) is 2.65. The fourth-order valence-electron chi connectivity index (χ4n) is 2.58. The number of anilines is 1. The van der Waals surface area contributed by atoms with Crippen molar-refractivity contribution in [3.8, 4) is 0 Å². The number of aromatic amines is 1. The molecule has 0 bridgehead atoms. The smallest absolute Gasteiger partial charge is 0.240 e. The van der Waals surface area contributed by atoms with Crippen molar-refractivity contribution < 1.29 is 13.2 Å². The van der Waals surface area contributed by atoms with Crippen LogP contribution >= 0.6 is 0 Å². The summed E-state index contributed by atoms with van der Waals surface area (Å²) in [5.74, 6) is -0.201. The highest BCUT2D eigenvalue weighted by atomic mass is 32.2. The number of H-pyrrole nitrogens is 1. The van der Waals surface area contributed by atoms with Gasteiger partial charge in [0.05, 0.1) is 4.90 Å². The van der Waals surface area contributed by atoms with E-state index in [1.807, 2.05) is 30.5 Å². The van der Waals surface area contributed by atoms with E-state index in [9.17, 15) is 13.2 Å². The third-order valence-electron chi connectivity index (χ3n) is 3.81. The van der Waals surface area contributed by atoms with Gasteiger partial charge in [0.25, 0.3) is 0 Å². The molecule has 0 spiro atoms. The van der Waals surface area contributed by atoms with Gasteiger partial charge in [-0.3, -0.25) is 4.79 Å². The maximum Gasteiger partial charge on any atom is 0.240 e. The molecular formula is C18H19N3O3S. The molecule has 0 aliphatic heterocycles. The monoisotopic (exact) mass is 357 g/mol. The lowest BCUT2D eigenvalue weighted by Crippen LogP contribution is -2.26. The molecule has 1 amide bonds. The number of carbonyl (C=O) groups excluding carboxylic acids is 1. The number of nitrogens with one attached hydrogen (secondary N) is 3. The number of carbonyl (C=O) groups is 1. The van der Waals surface area contributed by atoms with Crippen molar-refractivity contribution in [1.82, 2.24) is 9.71 Å². The second kappa shape index (κ2) is 7.08. The summed E-state index contributed by atoms with van der Waals surface area (Å²) in [6.45, 7) is 1.71. The van der Waals surface area contributed by atoms with Gasteiger partial charge in [-0.05, 0) is 53.8 Å². The van der Waals surface area contributed by atoms with Gasteiger partial charge < -0.3 is 10.3 Å². The van der Waals surface area contributed by atoms with Gasteiger partial charge in [0, 0.05) is 30.9 Å². The third-order valence-corrected chi connectivity index (χ3v) is 5.29. The second-order valence-electron chi connectivity index (χ2n) is 5.75. The highest BCUT2D eigenvalue weighted by Gasteiger charge is 2.13. The fraction of sp³-hybridized carbons (Fsp3) is 0.167. The Bertz CT molecular complexity index is 992. The van der Waals surface area contributed by atoms with Gasteiger partial charge in [-0.15, -0.1) is 0 Å². The van der Waals surface area contributed by atoms with Crippen LogP contribution in [0.15, 0.2) is 59.6 Å². The molecule has 3 N–H and O–H groups in total. The van der Waals surface area contributed by atoms with Crippen molar-refractivity contribution in [3.63, 3.8) is 0 Å². The van der Waals surface area contributed by atoms with Crippen LogP contribution in [0.4, 0.5) is 5.69 Å². The summed E-state index contributed by atoms with van der Waals surface area (Å²) in [5, 5.41) is 3.73. The molecule has 3 aromatic rings. The minimum atomic E-state index is -3.58. The average Bonchev–Trinajstić information content (AvgIpc) is 3.02. The molecule has 0 radical (unpaired) electrons. The van der Waals surface area contributed by atoms with E-state index in [0.717, 1.165) is 16.5 Å². The van der Waals surface area contributed by atoms with Crippen LogP contribution in [-0.4, -0.2) is 25.9 Å². The van der Waals surface area contributed by atoms with Crippen LogP contribution < -0.4 is 10.0 Å². The van der Waals surface area contributed by atoms with Crippen molar-refractivity contribution in [3.05, 3.63) is 60.3 Å². The van der Waals surface area contributed by atoms with Crippen molar-refractivity contribution in [2.24, 2.45) is 0 Å². The van der Waals surface area contributed by atoms with Crippen molar-refractivity contribution >= 4 is 32.5 Å². The fourth-order valence-corrected chi connectivity index (χ4v) is 3.62. The van der Waals surface area contributed by atoms with E-state index in [0.29, 0.717) is 18.7 Å². The number of amides is 1. The van der Waals surface area contributed by atoms with Crippen LogP contribution in [0.2, 0.25) is 0 Å². The van der Waals surface area contributed by atoms with Gasteiger partial charge in [-0.2, -0.15) is 0 Å². The largest absolute Gasteiger partial charge is 0.361 e. The lowest BCUT2D eigenvalue weighted by Gasteiger charge is -2.08. The maximum absolute atomic E-state index is 12.3.